The maximum Gasteiger partial charge on any atom is -1.00 e. The third-order valence-corrected chi connectivity index (χ3v) is 17.6. The zero-order valence-electron chi connectivity index (χ0n) is 21.2. The summed E-state index contributed by atoms with van der Waals surface area (Å²) in [6.45, 7) is 7.42. The third kappa shape index (κ3) is 4.08. The average molecular weight is 583 g/mol. The van der Waals surface area contributed by atoms with Crippen molar-refractivity contribution in [1.29, 1.82) is 0 Å². The van der Waals surface area contributed by atoms with Gasteiger partial charge in [0, 0.05) is 0 Å². The fourth-order valence-corrected chi connectivity index (χ4v) is 16.4. The monoisotopic (exact) mass is 580 g/mol. The Labute approximate surface area is 231 Å². The van der Waals surface area contributed by atoms with Gasteiger partial charge in [-0.1, -0.05) is 0 Å². The van der Waals surface area contributed by atoms with Gasteiger partial charge in [0.25, 0.3) is 0 Å². The summed E-state index contributed by atoms with van der Waals surface area (Å²) in [5.74, 6) is 3.71. The van der Waals surface area contributed by atoms with E-state index in [1.807, 2.05) is 3.28 Å². The molecule has 0 spiro atoms. The Kier molecular flexibility index (Phi) is 7.05. The summed E-state index contributed by atoms with van der Waals surface area (Å²) in [5.41, 5.74) is 8.49. The molecule has 4 saturated carbocycles. The Balaban J connectivity index is 0.00000127. The van der Waals surface area contributed by atoms with Crippen LogP contribution in [0.5, 0.6) is 0 Å². The van der Waals surface area contributed by atoms with E-state index >= 15 is 0 Å². The van der Waals surface area contributed by atoms with E-state index < -0.39 is 21.3 Å². The number of rotatable bonds is 3. The maximum atomic E-state index is 2.79. The molecule has 35 heavy (non-hydrogen) atoms. The van der Waals surface area contributed by atoms with Gasteiger partial charge in [-0.3, -0.25) is 0 Å². The van der Waals surface area contributed by atoms with Gasteiger partial charge in [0.05, 0.1) is 0 Å². The van der Waals surface area contributed by atoms with Gasteiger partial charge in [-0.15, -0.1) is 0 Å². The molecule has 0 nitrogen and oxygen atoms in total. The minimum atomic E-state index is -2.11. The van der Waals surface area contributed by atoms with Crippen LogP contribution in [0.25, 0.3) is 11.1 Å². The summed E-state index contributed by atoms with van der Waals surface area (Å²) < 4.78 is 5.34. The zero-order chi connectivity index (χ0) is 22.3. The molecule has 0 amide bonds. The van der Waals surface area contributed by atoms with Crippen molar-refractivity contribution in [3.8, 4) is 11.1 Å². The predicted molar refractivity (Wildman–Crippen MR) is 137 cm³/mol. The molecule has 8 rings (SSSR count). The van der Waals surface area contributed by atoms with E-state index in [2.05, 4.69) is 75.4 Å². The number of fused-ring (bicyclic) bond motifs is 3. The molecule has 0 radical (unpaired) electrons. The second-order valence-electron chi connectivity index (χ2n) is 12.2. The summed E-state index contributed by atoms with van der Waals surface area (Å²) in [6.07, 6.45) is 15.8. The summed E-state index contributed by atoms with van der Waals surface area (Å²) in [6, 6.07) is 16.3. The van der Waals surface area contributed by atoms with Gasteiger partial charge in [0.1, 0.15) is 0 Å². The molecule has 182 valence electrons. The number of hydrogen-bond donors (Lipinski definition) is 0. The van der Waals surface area contributed by atoms with Crippen LogP contribution in [0.3, 0.4) is 0 Å². The molecule has 0 heterocycles. The fourth-order valence-electron chi connectivity index (χ4n) is 8.91. The van der Waals surface area contributed by atoms with Crippen molar-refractivity contribution in [1.82, 2.24) is 0 Å². The quantitative estimate of drug-likeness (QED) is 0.438. The molecule has 0 aliphatic heterocycles. The first kappa shape index (κ1) is 25.9. The zero-order valence-corrected chi connectivity index (χ0v) is 25.2. The molecule has 4 bridgehead atoms. The van der Waals surface area contributed by atoms with Crippen molar-refractivity contribution in [2.24, 2.45) is 29.1 Å². The van der Waals surface area contributed by atoms with Gasteiger partial charge < -0.3 is 24.8 Å². The molecule has 0 N–H and O–H groups in total. The SMILES string of the molecule is C[C](C)=[Zr+2]([C]1=CC(C23CC4CC(CC(C4)C2)C3)=CC1C)[c]1cccc2c1Cc1ccccc1-2.[Cl-].[Cl-]. The van der Waals surface area contributed by atoms with E-state index in [-0.39, 0.29) is 24.8 Å². The van der Waals surface area contributed by atoms with E-state index in [0.717, 1.165) is 24.2 Å². The van der Waals surface area contributed by atoms with Gasteiger partial charge in [-0.05, 0) is 0 Å². The van der Waals surface area contributed by atoms with E-state index in [4.69, 9.17) is 0 Å². The van der Waals surface area contributed by atoms with Crippen LogP contribution < -0.4 is 28.1 Å². The Hall–Kier alpha value is -0.747. The van der Waals surface area contributed by atoms with Crippen LogP contribution in [0, 0.1) is 29.1 Å². The van der Waals surface area contributed by atoms with Gasteiger partial charge in [-0.25, -0.2) is 0 Å². The standard InChI is InChI=1S/C16H21.C13H9.C3H6.2ClH.Zr/c1-11-2-3-15(4-11)16-8-12-5-13(9-16)7-14(6-12)10-16;1-3-7-12-10(5-1)9-11-6-2-4-8-13(11)12;1-3-2;;;/h3-4,11-14H,5-10H2,1H3;1-5,7-8H,9H2;1-2H3;2*1H;/q;;;;;+2/p-2. The Morgan fingerprint density at radius 2 is 1.46 bits per heavy atom. The molecular formula is C32H36Cl2Zr. The van der Waals surface area contributed by atoms with Crippen LogP contribution in [0.1, 0.15) is 70.4 Å². The summed E-state index contributed by atoms with van der Waals surface area (Å²) in [7, 11) is 0. The number of hydrogen-bond acceptors (Lipinski definition) is 0. The third-order valence-electron chi connectivity index (χ3n) is 9.79. The maximum absolute atomic E-state index is 2.79. The smallest absolute Gasteiger partial charge is 1.00 e. The van der Waals surface area contributed by atoms with Crippen LogP contribution >= 0.6 is 0 Å². The van der Waals surface area contributed by atoms with Crippen molar-refractivity contribution in [3.63, 3.8) is 0 Å². The minimum Gasteiger partial charge on any atom is -1.00 e. The van der Waals surface area contributed by atoms with Gasteiger partial charge in [0.15, 0.2) is 0 Å². The van der Waals surface area contributed by atoms with E-state index in [1.54, 1.807) is 17.6 Å². The molecule has 3 heteroatoms. The molecule has 6 aliphatic rings. The summed E-state index contributed by atoms with van der Waals surface area (Å²) >= 11 is -2.11. The first-order valence-corrected chi connectivity index (χ1v) is 17.0. The predicted octanol–water partition coefficient (Wildman–Crippen LogP) is 1.40. The van der Waals surface area contributed by atoms with Crippen LogP contribution in [-0.2, 0) is 27.7 Å². The molecule has 1 unspecified atom stereocenters. The van der Waals surface area contributed by atoms with Gasteiger partial charge in [-0.2, -0.15) is 0 Å². The normalized spacial score (nSPS) is 30.8. The summed E-state index contributed by atoms with van der Waals surface area (Å²) in [4.78, 5) is 0. The van der Waals surface area contributed by atoms with Crippen molar-refractivity contribution >= 4 is 6.48 Å². The van der Waals surface area contributed by atoms with Gasteiger partial charge >= 0.3 is 208 Å². The van der Waals surface area contributed by atoms with Crippen molar-refractivity contribution in [3.05, 3.63) is 74.6 Å². The first-order valence-electron chi connectivity index (χ1n) is 13.3. The molecule has 2 aromatic rings. The molecule has 1 atom stereocenters. The Morgan fingerprint density at radius 3 is 2.11 bits per heavy atom. The second kappa shape index (κ2) is 9.53. The number of halogens is 2. The molecular weight excluding hydrogens is 546 g/mol. The van der Waals surface area contributed by atoms with Crippen LogP contribution in [0.15, 0.2) is 63.5 Å². The Bertz CT molecular complexity index is 1220. The fraction of sp³-hybridized carbons (Fsp3) is 0.469. The van der Waals surface area contributed by atoms with Crippen molar-refractivity contribution < 1.29 is 46.1 Å². The minimum absolute atomic E-state index is 0. The summed E-state index contributed by atoms with van der Waals surface area (Å²) in [5, 5.41) is 0. The molecule has 4 fully saturated rings. The van der Waals surface area contributed by atoms with Crippen LogP contribution in [-0.4, -0.2) is 3.21 Å². The number of allylic oxidation sites excluding steroid dienone is 4. The molecule has 6 aliphatic carbocycles. The van der Waals surface area contributed by atoms with E-state index in [9.17, 15) is 0 Å². The first-order chi connectivity index (χ1) is 16.0. The van der Waals surface area contributed by atoms with E-state index in [1.165, 1.54) is 55.2 Å². The number of benzene rings is 2. The largest absolute Gasteiger partial charge is 1.00 e. The van der Waals surface area contributed by atoms with Crippen LogP contribution in [0.2, 0.25) is 0 Å². The van der Waals surface area contributed by atoms with Crippen molar-refractivity contribution in [2.75, 3.05) is 0 Å². The topological polar surface area (TPSA) is 0 Å². The van der Waals surface area contributed by atoms with E-state index in [0.29, 0.717) is 11.3 Å². The molecule has 0 aromatic heterocycles. The van der Waals surface area contributed by atoms with Crippen LogP contribution in [0.4, 0.5) is 0 Å². The average Bonchev–Trinajstić information content (AvgIpc) is 3.35. The molecule has 0 saturated heterocycles. The second-order valence-corrected chi connectivity index (χ2v) is 19.3. The van der Waals surface area contributed by atoms with Gasteiger partial charge in [0.2, 0.25) is 0 Å². The van der Waals surface area contributed by atoms with Crippen molar-refractivity contribution in [2.45, 2.75) is 65.7 Å². The Morgan fingerprint density at radius 1 is 0.829 bits per heavy atom. The molecule has 2 aromatic carbocycles.